The number of thiazole rings is 1. The SMILES string of the molecule is Cc1csc(C2(NC(=O)C3CCOCC3)CCCC2)n1. The van der Waals surface area contributed by atoms with Crippen molar-refractivity contribution < 1.29 is 9.53 Å². The number of ether oxygens (including phenoxy) is 1. The number of aryl methyl sites for hydroxylation is 1. The molecule has 1 amide bonds. The second-order valence-corrected chi connectivity index (χ2v) is 6.82. The van der Waals surface area contributed by atoms with Crippen LogP contribution < -0.4 is 5.32 Å². The van der Waals surface area contributed by atoms with Crippen molar-refractivity contribution in [1.29, 1.82) is 0 Å². The molecule has 0 spiro atoms. The summed E-state index contributed by atoms with van der Waals surface area (Å²) in [4.78, 5) is 17.2. The standard InChI is InChI=1S/C15H22N2O2S/c1-11-10-20-14(16-11)15(6-2-3-7-15)17-13(18)12-4-8-19-9-5-12/h10,12H,2-9H2,1H3,(H,17,18). The Morgan fingerprint density at radius 3 is 2.70 bits per heavy atom. The van der Waals surface area contributed by atoms with Crippen LogP contribution in [0.4, 0.5) is 0 Å². The quantitative estimate of drug-likeness (QED) is 0.932. The van der Waals surface area contributed by atoms with E-state index in [4.69, 9.17) is 4.74 Å². The van der Waals surface area contributed by atoms with Crippen LogP contribution in [0.2, 0.25) is 0 Å². The minimum Gasteiger partial charge on any atom is -0.381 e. The van der Waals surface area contributed by atoms with E-state index >= 15 is 0 Å². The lowest BCUT2D eigenvalue weighted by atomic mass is 9.94. The van der Waals surface area contributed by atoms with Crippen molar-refractivity contribution in [3.05, 3.63) is 16.1 Å². The monoisotopic (exact) mass is 294 g/mol. The summed E-state index contributed by atoms with van der Waals surface area (Å²) in [5, 5.41) is 6.52. The van der Waals surface area contributed by atoms with Gasteiger partial charge in [0.2, 0.25) is 5.91 Å². The third-order valence-corrected chi connectivity index (χ3v) is 5.60. The number of carbonyl (C=O) groups excluding carboxylic acids is 1. The van der Waals surface area contributed by atoms with E-state index in [1.807, 2.05) is 6.92 Å². The molecule has 1 saturated carbocycles. The summed E-state index contributed by atoms with van der Waals surface area (Å²) in [6, 6.07) is 0. The lowest BCUT2D eigenvalue weighted by Gasteiger charge is -2.31. The summed E-state index contributed by atoms with van der Waals surface area (Å²) in [5.74, 6) is 0.310. The van der Waals surface area contributed by atoms with Crippen molar-refractivity contribution in [2.45, 2.75) is 51.0 Å². The fourth-order valence-corrected chi connectivity index (χ4v) is 4.25. The lowest BCUT2D eigenvalue weighted by molar-refractivity contribution is -0.130. The van der Waals surface area contributed by atoms with Crippen molar-refractivity contribution in [2.24, 2.45) is 5.92 Å². The van der Waals surface area contributed by atoms with Crippen LogP contribution in [-0.4, -0.2) is 24.1 Å². The average molecular weight is 294 g/mol. The summed E-state index contributed by atoms with van der Waals surface area (Å²) < 4.78 is 5.34. The van der Waals surface area contributed by atoms with Gasteiger partial charge in [-0.25, -0.2) is 4.98 Å². The van der Waals surface area contributed by atoms with Crippen LogP contribution in [0, 0.1) is 12.8 Å². The minimum absolute atomic E-state index is 0.113. The van der Waals surface area contributed by atoms with E-state index in [0.29, 0.717) is 13.2 Å². The molecule has 5 heteroatoms. The zero-order valence-electron chi connectivity index (χ0n) is 12.0. The number of nitrogens with one attached hydrogen (secondary N) is 1. The van der Waals surface area contributed by atoms with Crippen LogP contribution in [0.25, 0.3) is 0 Å². The smallest absolute Gasteiger partial charge is 0.224 e. The number of carbonyl (C=O) groups is 1. The van der Waals surface area contributed by atoms with Crippen molar-refractivity contribution in [1.82, 2.24) is 10.3 Å². The molecule has 3 rings (SSSR count). The van der Waals surface area contributed by atoms with Gasteiger partial charge >= 0.3 is 0 Å². The Hall–Kier alpha value is -0.940. The van der Waals surface area contributed by atoms with Crippen LogP contribution in [-0.2, 0) is 15.1 Å². The van der Waals surface area contributed by atoms with Crippen LogP contribution in [0.15, 0.2) is 5.38 Å². The number of nitrogens with zero attached hydrogens (tertiary/aromatic N) is 1. The first kappa shape index (κ1) is 14.0. The van der Waals surface area contributed by atoms with Gasteiger partial charge in [0.15, 0.2) is 0 Å². The molecule has 20 heavy (non-hydrogen) atoms. The van der Waals surface area contributed by atoms with Gasteiger partial charge in [-0.15, -0.1) is 11.3 Å². The summed E-state index contributed by atoms with van der Waals surface area (Å²) in [5.41, 5.74) is 0.852. The normalized spacial score (nSPS) is 22.9. The molecule has 1 aliphatic carbocycles. The van der Waals surface area contributed by atoms with Gasteiger partial charge in [-0.05, 0) is 32.6 Å². The second-order valence-electron chi connectivity index (χ2n) is 5.96. The fourth-order valence-electron chi connectivity index (χ4n) is 3.24. The van der Waals surface area contributed by atoms with E-state index in [1.54, 1.807) is 11.3 Å². The molecular weight excluding hydrogens is 272 g/mol. The molecule has 4 nitrogen and oxygen atoms in total. The minimum atomic E-state index is -0.200. The maximum absolute atomic E-state index is 12.5. The second kappa shape index (κ2) is 5.82. The molecule has 0 radical (unpaired) electrons. The number of hydrogen-bond acceptors (Lipinski definition) is 4. The van der Waals surface area contributed by atoms with E-state index in [1.165, 1.54) is 12.8 Å². The Morgan fingerprint density at radius 1 is 1.40 bits per heavy atom. The van der Waals surface area contributed by atoms with Crippen molar-refractivity contribution >= 4 is 17.2 Å². The largest absolute Gasteiger partial charge is 0.381 e. The zero-order chi connectivity index (χ0) is 14.0. The molecular formula is C15H22N2O2S. The molecule has 1 aliphatic heterocycles. The predicted molar refractivity (Wildman–Crippen MR) is 78.7 cm³/mol. The predicted octanol–water partition coefficient (Wildman–Crippen LogP) is 2.76. The van der Waals surface area contributed by atoms with Gasteiger partial charge in [-0.1, -0.05) is 12.8 Å². The van der Waals surface area contributed by atoms with Gasteiger partial charge < -0.3 is 10.1 Å². The summed E-state index contributed by atoms with van der Waals surface area (Å²) >= 11 is 1.68. The highest BCUT2D eigenvalue weighted by Gasteiger charge is 2.40. The number of hydrogen-bond donors (Lipinski definition) is 1. The van der Waals surface area contributed by atoms with Gasteiger partial charge in [0.1, 0.15) is 5.01 Å². The average Bonchev–Trinajstić information content (AvgIpc) is 3.10. The maximum atomic E-state index is 12.5. The van der Waals surface area contributed by atoms with Gasteiger partial charge in [-0.2, -0.15) is 0 Å². The summed E-state index contributed by atoms with van der Waals surface area (Å²) in [6.45, 7) is 3.44. The molecule has 110 valence electrons. The molecule has 1 saturated heterocycles. The van der Waals surface area contributed by atoms with E-state index in [9.17, 15) is 4.79 Å². The Kier molecular flexibility index (Phi) is 4.08. The molecule has 1 N–H and O–H groups in total. The van der Waals surface area contributed by atoms with E-state index in [-0.39, 0.29) is 17.4 Å². The van der Waals surface area contributed by atoms with Crippen molar-refractivity contribution in [2.75, 3.05) is 13.2 Å². The fraction of sp³-hybridized carbons (Fsp3) is 0.733. The lowest BCUT2D eigenvalue weighted by Crippen LogP contribution is -2.47. The first-order valence-electron chi connectivity index (χ1n) is 7.52. The number of aromatic nitrogens is 1. The van der Waals surface area contributed by atoms with E-state index in [2.05, 4.69) is 15.7 Å². The highest BCUT2D eigenvalue weighted by atomic mass is 32.1. The molecule has 0 aromatic carbocycles. The van der Waals surface area contributed by atoms with Crippen LogP contribution in [0.5, 0.6) is 0 Å². The van der Waals surface area contributed by atoms with Gasteiger partial charge in [0, 0.05) is 30.2 Å². The molecule has 0 unspecified atom stereocenters. The van der Waals surface area contributed by atoms with E-state index < -0.39 is 0 Å². The zero-order valence-corrected chi connectivity index (χ0v) is 12.8. The molecule has 2 aliphatic rings. The molecule has 0 atom stereocenters. The van der Waals surface area contributed by atoms with Crippen LogP contribution in [0.1, 0.15) is 49.2 Å². The highest BCUT2D eigenvalue weighted by molar-refractivity contribution is 7.09. The third-order valence-electron chi connectivity index (χ3n) is 4.44. The first-order valence-corrected chi connectivity index (χ1v) is 8.40. The Labute approximate surface area is 123 Å². The summed E-state index contributed by atoms with van der Waals surface area (Å²) in [7, 11) is 0. The van der Waals surface area contributed by atoms with Crippen molar-refractivity contribution in [3.63, 3.8) is 0 Å². The van der Waals surface area contributed by atoms with Crippen LogP contribution >= 0.6 is 11.3 Å². The molecule has 2 fully saturated rings. The molecule has 1 aromatic heterocycles. The van der Waals surface area contributed by atoms with Gasteiger partial charge in [-0.3, -0.25) is 4.79 Å². The first-order chi connectivity index (χ1) is 9.70. The summed E-state index contributed by atoms with van der Waals surface area (Å²) in [6.07, 6.45) is 6.08. The van der Waals surface area contributed by atoms with Gasteiger partial charge in [0.25, 0.3) is 0 Å². The Bertz CT molecular complexity index is 474. The number of rotatable bonds is 3. The van der Waals surface area contributed by atoms with Gasteiger partial charge in [0.05, 0.1) is 5.54 Å². The van der Waals surface area contributed by atoms with Crippen molar-refractivity contribution in [3.8, 4) is 0 Å². The molecule has 2 heterocycles. The number of amides is 1. The van der Waals surface area contributed by atoms with Crippen LogP contribution in [0.3, 0.4) is 0 Å². The maximum Gasteiger partial charge on any atom is 0.224 e. The topological polar surface area (TPSA) is 51.2 Å². The van der Waals surface area contributed by atoms with E-state index in [0.717, 1.165) is 36.4 Å². The Morgan fingerprint density at radius 2 is 2.10 bits per heavy atom. The third kappa shape index (κ3) is 2.74. The highest BCUT2D eigenvalue weighted by Crippen LogP contribution is 2.40. The Balaban J connectivity index is 1.75. The molecule has 0 bridgehead atoms. The molecule has 1 aromatic rings.